The molecule has 0 fully saturated rings. The van der Waals surface area contributed by atoms with Gasteiger partial charge in [-0.2, -0.15) is 0 Å². The van der Waals surface area contributed by atoms with Crippen LogP contribution >= 0.6 is 11.6 Å². The number of nitrogens with zero attached hydrogens (tertiary/aromatic N) is 1. The summed E-state index contributed by atoms with van der Waals surface area (Å²) in [6.45, 7) is 2.26. The van der Waals surface area contributed by atoms with Crippen LogP contribution in [0.15, 0.2) is 36.5 Å². The standard InChI is InChI=1S/C16H13ClFNO/c1-12-4-3-9-19-16(12)11-20-14-7-6-13(5-2-8-17)15(18)10-14/h3-4,6-7,9-10H,8,11H2,1H3. The summed E-state index contributed by atoms with van der Waals surface area (Å²) < 4.78 is 19.3. The Morgan fingerprint density at radius 2 is 2.20 bits per heavy atom. The molecule has 0 atom stereocenters. The summed E-state index contributed by atoms with van der Waals surface area (Å²) in [5.74, 6) is 5.47. The molecule has 102 valence electrons. The fraction of sp³-hybridized carbons (Fsp3) is 0.188. The van der Waals surface area contributed by atoms with E-state index in [0.717, 1.165) is 11.3 Å². The highest BCUT2D eigenvalue weighted by Crippen LogP contribution is 2.17. The third kappa shape index (κ3) is 3.72. The second kappa shape index (κ2) is 6.93. The van der Waals surface area contributed by atoms with Gasteiger partial charge in [-0.25, -0.2) is 4.39 Å². The second-order valence-electron chi connectivity index (χ2n) is 4.13. The smallest absolute Gasteiger partial charge is 0.142 e. The van der Waals surface area contributed by atoms with Crippen LogP contribution in [-0.4, -0.2) is 10.9 Å². The van der Waals surface area contributed by atoms with E-state index in [-0.39, 0.29) is 5.88 Å². The molecular weight excluding hydrogens is 277 g/mol. The Hall–Kier alpha value is -2.05. The molecule has 0 unspecified atom stereocenters. The first-order valence-electron chi connectivity index (χ1n) is 6.08. The first-order valence-corrected chi connectivity index (χ1v) is 6.62. The molecule has 1 aromatic heterocycles. The number of alkyl halides is 1. The van der Waals surface area contributed by atoms with Crippen LogP contribution in [0.3, 0.4) is 0 Å². The molecule has 0 spiro atoms. The normalized spacial score (nSPS) is 9.75. The molecule has 0 saturated carbocycles. The van der Waals surface area contributed by atoms with Crippen LogP contribution in [0.1, 0.15) is 16.8 Å². The van der Waals surface area contributed by atoms with E-state index in [4.69, 9.17) is 16.3 Å². The fourth-order valence-corrected chi connectivity index (χ4v) is 1.70. The molecule has 0 saturated heterocycles. The van der Waals surface area contributed by atoms with Crippen LogP contribution in [0.25, 0.3) is 0 Å². The highest BCUT2D eigenvalue weighted by atomic mass is 35.5. The Morgan fingerprint density at radius 1 is 1.35 bits per heavy atom. The van der Waals surface area contributed by atoms with Gasteiger partial charge in [-0.15, -0.1) is 11.6 Å². The van der Waals surface area contributed by atoms with Crippen LogP contribution in [0.4, 0.5) is 4.39 Å². The molecule has 2 rings (SSSR count). The van der Waals surface area contributed by atoms with Crippen LogP contribution < -0.4 is 4.74 Å². The average molecular weight is 290 g/mol. The lowest BCUT2D eigenvalue weighted by atomic mass is 10.2. The van der Waals surface area contributed by atoms with Gasteiger partial charge in [0.05, 0.1) is 17.1 Å². The van der Waals surface area contributed by atoms with Gasteiger partial charge in [-0.05, 0) is 30.7 Å². The minimum Gasteiger partial charge on any atom is -0.487 e. The van der Waals surface area contributed by atoms with Gasteiger partial charge in [0.1, 0.15) is 18.2 Å². The van der Waals surface area contributed by atoms with E-state index in [0.29, 0.717) is 17.9 Å². The lowest BCUT2D eigenvalue weighted by Gasteiger charge is -2.08. The van der Waals surface area contributed by atoms with Gasteiger partial charge in [0, 0.05) is 12.3 Å². The van der Waals surface area contributed by atoms with Crippen molar-refractivity contribution in [2.45, 2.75) is 13.5 Å². The summed E-state index contributed by atoms with van der Waals surface area (Å²) in [6.07, 6.45) is 1.71. The Bertz CT molecular complexity index is 661. The van der Waals surface area contributed by atoms with E-state index in [1.807, 2.05) is 19.1 Å². The largest absolute Gasteiger partial charge is 0.487 e. The minimum absolute atomic E-state index is 0.177. The van der Waals surface area contributed by atoms with Crippen molar-refractivity contribution in [3.05, 3.63) is 59.2 Å². The Balaban J connectivity index is 2.08. The van der Waals surface area contributed by atoms with Crippen molar-refractivity contribution in [3.8, 4) is 17.6 Å². The maximum atomic E-state index is 13.7. The zero-order valence-electron chi connectivity index (χ0n) is 11.0. The molecule has 0 aliphatic rings. The number of ether oxygens (including phenoxy) is 1. The number of hydrogen-bond acceptors (Lipinski definition) is 2. The number of halogens is 2. The molecule has 2 aromatic rings. The Kier molecular flexibility index (Phi) is 4.97. The summed E-state index contributed by atoms with van der Waals surface area (Å²) in [4.78, 5) is 4.22. The monoisotopic (exact) mass is 289 g/mol. The molecule has 20 heavy (non-hydrogen) atoms. The summed E-state index contributed by atoms with van der Waals surface area (Å²) in [5.41, 5.74) is 2.18. The quantitative estimate of drug-likeness (QED) is 0.635. The van der Waals surface area contributed by atoms with Crippen molar-refractivity contribution in [1.29, 1.82) is 0 Å². The third-order valence-electron chi connectivity index (χ3n) is 2.72. The van der Waals surface area contributed by atoms with Crippen LogP contribution in [0, 0.1) is 24.6 Å². The average Bonchev–Trinajstić information content (AvgIpc) is 2.45. The maximum Gasteiger partial charge on any atom is 0.142 e. The number of benzene rings is 1. The lowest BCUT2D eigenvalue weighted by molar-refractivity contribution is 0.299. The Morgan fingerprint density at radius 3 is 2.90 bits per heavy atom. The summed E-state index contributed by atoms with van der Waals surface area (Å²) in [6, 6.07) is 8.39. The van der Waals surface area contributed by atoms with E-state index in [2.05, 4.69) is 16.8 Å². The molecule has 0 bridgehead atoms. The van der Waals surface area contributed by atoms with Gasteiger partial charge in [0.25, 0.3) is 0 Å². The van der Waals surface area contributed by atoms with E-state index >= 15 is 0 Å². The molecule has 0 aliphatic carbocycles. The zero-order chi connectivity index (χ0) is 14.4. The summed E-state index contributed by atoms with van der Waals surface area (Å²) in [5, 5.41) is 0. The van der Waals surface area contributed by atoms with Crippen LogP contribution in [0.2, 0.25) is 0 Å². The molecule has 0 aliphatic heterocycles. The van der Waals surface area contributed by atoms with Crippen molar-refractivity contribution >= 4 is 11.6 Å². The van der Waals surface area contributed by atoms with Crippen molar-refractivity contribution in [2.75, 3.05) is 5.88 Å². The lowest BCUT2D eigenvalue weighted by Crippen LogP contribution is -2.01. The van der Waals surface area contributed by atoms with Gasteiger partial charge in [-0.1, -0.05) is 17.9 Å². The Labute approximate surface area is 122 Å². The first-order chi connectivity index (χ1) is 9.70. The maximum absolute atomic E-state index is 13.7. The molecule has 1 aromatic carbocycles. The van der Waals surface area contributed by atoms with E-state index in [9.17, 15) is 4.39 Å². The molecule has 0 radical (unpaired) electrons. The highest BCUT2D eigenvalue weighted by Gasteiger charge is 2.04. The number of aromatic nitrogens is 1. The van der Waals surface area contributed by atoms with Crippen molar-refractivity contribution in [2.24, 2.45) is 0 Å². The summed E-state index contributed by atoms with van der Waals surface area (Å²) in [7, 11) is 0. The van der Waals surface area contributed by atoms with Crippen molar-refractivity contribution in [1.82, 2.24) is 4.98 Å². The second-order valence-corrected chi connectivity index (χ2v) is 4.40. The van der Waals surface area contributed by atoms with Crippen molar-refractivity contribution < 1.29 is 9.13 Å². The molecule has 0 N–H and O–H groups in total. The van der Waals surface area contributed by atoms with Crippen LogP contribution in [0.5, 0.6) is 5.75 Å². The molecule has 2 nitrogen and oxygen atoms in total. The van der Waals surface area contributed by atoms with Gasteiger partial charge < -0.3 is 4.74 Å². The first kappa shape index (κ1) is 14.4. The highest BCUT2D eigenvalue weighted by molar-refractivity contribution is 6.19. The number of hydrogen-bond donors (Lipinski definition) is 0. The van der Waals surface area contributed by atoms with Crippen molar-refractivity contribution in [3.63, 3.8) is 0 Å². The van der Waals surface area contributed by atoms with Gasteiger partial charge >= 0.3 is 0 Å². The van der Waals surface area contributed by atoms with Gasteiger partial charge in [0.15, 0.2) is 0 Å². The molecular formula is C16H13ClFNO. The number of rotatable bonds is 3. The molecule has 4 heteroatoms. The predicted molar refractivity (Wildman–Crippen MR) is 77.3 cm³/mol. The fourth-order valence-electron chi connectivity index (χ4n) is 1.64. The topological polar surface area (TPSA) is 22.1 Å². The van der Waals surface area contributed by atoms with E-state index < -0.39 is 5.82 Å². The van der Waals surface area contributed by atoms with E-state index in [1.165, 1.54) is 6.07 Å². The van der Waals surface area contributed by atoms with Crippen LogP contribution in [-0.2, 0) is 6.61 Å². The summed E-state index contributed by atoms with van der Waals surface area (Å²) >= 11 is 5.44. The van der Waals surface area contributed by atoms with E-state index in [1.54, 1.807) is 18.3 Å². The number of pyridine rings is 1. The SMILES string of the molecule is Cc1cccnc1COc1ccc(C#CCCl)c(F)c1. The predicted octanol–water partition coefficient (Wildman–Crippen LogP) is 3.70. The van der Waals surface area contributed by atoms with Gasteiger partial charge in [-0.3, -0.25) is 4.98 Å². The molecule has 1 heterocycles. The zero-order valence-corrected chi connectivity index (χ0v) is 11.7. The minimum atomic E-state index is -0.419. The number of aryl methyl sites for hydroxylation is 1. The van der Waals surface area contributed by atoms with Gasteiger partial charge in [0.2, 0.25) is 0 Å². The third-order valence-corrected chi connectivity index (χ3v) is 2.86. The molecule has 0 amide bonds.